The molecule has 0 bridgehead atoms. The second kappa shape index (κ2) is 6.95. The first kappa shape index (κ1) is 18.0. The fourth-order valence-electron chi connectivity index (χ4n) is 3.13. The summed E-state index contributed by atoms with van der Waals surface area (Å²) >= 11 is 0. The van der Waals surface area contributed by atoms with Crippen molar-refractivity contribution in [3.63, 3.8) is 0 Å². The monoisotopic (exact) mass is 380 g/mol. The Labute approximate surface area is 161 Å². The van der Waals surface area contributed by atoms with Gasteiger partial charge in [-0.05, 0) is 43.7 Å². The number of nitrogens with one attached hydrogen (secondary N) is 1. The van der Waals surface area contributed by atoms with Crippen LogP contribution in [0.2, 0.25) is 0 Å². The van der Waals surface area contributed by atoms with Gasteiger partial charge in [0.2, 0.25) is 5.88 Å². The molecule has 0 saturated carbocycles. The van der Waals surface area contributed by atoms with Crippen LogP contribution in [0, 0.1) is 5.82 Å². The molecule has 0 unspecified atom stereocenters. The molecule has 0 fully saturated rings. The zero-order valence-electron chi connectivity index (χ0n) is 15.8. The molecule has 0 aliphatic heterocycles. The standard InChI is InChI=1S/C20H21FN6O/c1-11(2)28-18-10-17(25-26-18)27-19(12(3)13-4-6-14(21)7-5-13)23-15-8-9-16(22)24-20(15)27/h4-12H,1-3H3,(H2,22,24)(H,25,26)/t12-/m0/s1. The number of hydrogen-bond acceptors (Lipinski definition) is 5. The second-order valence-corrected chi connectivity index (χ2v) is 6.92. The van der Waals surface area contributed by atoms with E-state index in [9.17, 15) is 4.39 Å². The largest absolute Gasteiger partial charge is 0.474 e. The number of hydrogen-bond donors (Lipinski definition) is 2. The predicted molar refractivity (Wildman–Crippen MR) is 105 cm³/mol. The molecule has 0 amide bonds. The number of pyridine rings is 1. The molecule has 144 valence electrons. The van der Waals surface area contributed by atoms with Crippen molar-refractivity contribution in [2.24, 2.45) is 0 Å². The molecular formula is C20H21FN6O. The van der Waals surface area contributed by atoms with E-state index in [2.05, 4.69) is 15.2 Å². The summed E-state index contributed by atoms with van der Waals surface area (Å²) in [5.74, 6) is 1.89. The molecule has 28 heavy (non-hydrogen) atoms. The molecule has 0 aliphatic carbocycles. The molecule has 4 aromatic rings. The lowest BCUT2D eigenvalue weighted by Gasteiger charge is -2.13. The third-order valence-electron chi connectivity index (χ3n) is 4.45. The van der Waals surface area contributed by atoms with Crippen molar-refractivity contribution >= 4 is 17.0 Å². The van der Waals surface area contributed by atoms with Crippen LogP contribution in [0.5, 0.6) is 5.88 Å². The number of imidazole rings is 1. The van der Waals surface area contributed by atoms with Crippen molar-refractivity contribution in [1.82, 2.24) is 24.7 Å². The highest BCUT2D eigenvalue weighted by Gasteiger charge is 2.22. The lowest BCUT2D eigenvalue weighted by molar-refractivity contribution is 0.232. The number of benzene rings is 1. The fraction of sp³-hybridized carbons (Fsp3) is 0.250. The van der Waals surface area contributed by atoms with E-state index in [1.807, 2.05) is 31.4 Å². The van der Waals surface area contributed by atoms with Gasteiger partial charge in [-0.2, -0.15) is 0 Å². The Morgan fingerprint density at radius 2 is 1.82 bits per heavy atom. The van der Waals surface area contributed by atoms with Crippen LogP contribution in [0.25, 0.3) is 17.0 Å². The number of ether oxygens (including phenoxy) is 1. The van der Waals surface area contributed by atoms with Gasteiger partial charge in [0.25, 0.3) is 0 Å². The van der Waals surface area contributed by atoms with Crippen LogP contribution in [0.4, 0.5) is 10.2 Å². The molecule has 4 rings (SSSR count). The highest BCUT2D eigenvalue weighted by molar-refractivity contribution is 5.76. The SMILES string of the molecule is CC(C)Oc1cc(-n2c([C@@H](C)c3ccc(F)cc3)nc3ccc(N)nc32)[nH]n1. The minimum Gasteiger partial charge on any atom is -0.474 e. The van der Waals surface area contributed by atoms with Gasteiger partial charge in [-0.3, -0.25) is 9.67 Å². The van der Waals surface area contributed by atoms with Gasteiger partial charge in [0.15, 0.2) is 5.65 Å². The van der Waals surface area contributed by atoms with Gasteiger partial charge in [0, 0.05) is 12.0 Å². The van der Waals surface area contributed by atoms with Crippen molar-refractivity contribution in [2.45, 2.75) is 32.8 Å². The van der Waals surface area contributed by atoms with Crippen LogP contribution < -0.4 is 10.5 Å². The van der Waals surface area contributed by atoms with E-state index < -0.39 is 0 Å². The number of nitrogens with two attached hydrogens (primary N) is 1. The summed E-state index contributed by atoms with van der Waals surface area (Å²) < 4.78 is 20.9. The summed E-state index contributed by atoms with van der Waals surface area (Å²) in [6.07, 6.45) is 0.00191. The first-order valence-electron chi connectivity index (χ1n) is 9.05. The predicted octanol–water partition coefficient (Wildman–Crippen LogP) is 3.80. The molecule has 1 atom stereocenters. The fourth-order valence-corrected chi connectivity index (χ4v) is 3.13. The van der Waals surface area contributed by atoms with Crippen LogP contribution in [0.15, 0.2) is 42.5 Å². The minimum absolute atomic E-state index is 0.00191. The number of aromatic amines is 1. The van der Waals surface area contributed by atoms with Crippen LogP contribution >= 0.6 is 0 Å². The van der Waals surface area contributed by atoms with Gasteiger partial charge in [-0.15, -0.1) is 5.10 Å². The Hall–Kier alpha value is -3.42. The summed E-state index contributed by atoms with van der Waals surface area (Å²) in [5.41, 5.74) is 8.17. The summed E-state index contributed by atoms with van der Waals surface area (Å²) in [6, 6.07) is 11.7. The molecule has 0 radical (unpaired) electrons. The number of H-pyrrole nitrogens is 1. The lowest BCUT2D eigenvalue weighted by atomic mass is 10.0. The summed E-state index contributed by atoms with van der Waals surface area (Å²) in [4.78, 5) is 9.22. The van der Waals surface area contributed by atoms with Crippen molar-refractivity contribution in [2.75, 3.05) is 5.73 Å². The number of anilines is 1. The van der Waals surface area contributed by atoms with E-state index in [-0.39, 0.29) is 17.8 Å². The van der Waals surface area contributed by atoms with Crippen LogP contribution in [-0.2, 0) is 0 Å². The normalized spacial score (nSPS) is 12.6. The Balaban J connectivity index is 1.87. The van der Waals surface area contributed by atoms with Gasteiger partial charge in [-0.1, -0.05) is 19.1 Å². The average Bonchev–Trinajstić information content (AvgIpc) is 3.25. The van der Waals surface area contributed by atoms with Crippen LogP contribution in [0.1, 0.15) is 38.1 Å². The molecular weight excluding hydrogens is 359 g/mol. The average molecular weight is 380 g/mol. The zero-order chi connectivity index (χ0) is 19.8. The molecule has 3 aromatic heterocycles. The molecule has 7 nitrogen and oxygen atoms in total. The number of aromatic nitrogens is 5. The van der Waals surface area contributed by atoms with E-state index in [0.29, 0.717) is 28.7 Å². The van der Waals surface area contributed by atoms with Gasteiger partial charge in [-0.25, -0.2) is 14.4 Å². The first-order chi connectivity index (χ1) is 13.4. The maximum atomic E-state index is 13.3. The molecule has 3 N–H and O–H groups in total. The molecule has 0 spiro atoms. The Morgan fingerprint density at radius 1 is 1.07 bits per heavy atom. The quantitative estimate of drug-likeness (QED) is 0.549. The topological polar surface area (TPSA) is 94.6 Å². The molecule has 0 aliphatic rings. The molecule has 3 heterocycles. The second-order valence-electron chi connectivity index (χ2n) is 6.92. The number of nitrogen functional groups attached to an aromatic ring is 1. The van der Waals surface area contributed by atoms with Crippen LogP contribution in [-0.4, -0.2) is 30.8 Å². The summed E-state index contributed by atoms with van der Waals surface area (Å²) in [5, 5.41) is 7.21. The Morgan fingerprint density at radius 3 is 2.54 bits per heavy atom. The third-order valence-corrected chi connectivity index (χ3v) is 4.45. The minimum atomic E-state index is -0.275. The van der Waals surface area contributed by atoms with Gasteiger partial charge in [0.05, 0.1) is 6.10 Å². The number of rotatable bonds is 5. The zero-order valence-corrected chi connectivity index (χ0v) is 15.8. The van der Waals surface area contributed by atoms with E-state index >= 15 is 0 Å². The number of halogens is 1. The van der Waals surface area contributed by atoms with E-state index in [1.54, 1.807) is 24.3 Å². The summed E-state index contributed by atoms with van der Waals surface area (Å²) in [7, 11) is 0. The van der Waals surface area contributed by atoms with Gasteiger partial charge < -0.3 is 10.5 Å². The number of fused-ring (bicyclic) bond motifs is 1. The highest BCUT2D eigenvalue weighted by atomic mass is 19.1. The Kier molecular flexibility index (Phi) is 4.46. The Bertz CT molecular complexity index is 1120. The van der Waals surface area contributed by atoms with Crippen molar-refractivity contribution < 1.29 is 9.13 Å². The summed E-state index contributed by atoms with van der Waals surface area (Å²) in [6.45, 7) is 5.88. The van der Waals surface area contributed by atoms with E-state index in [1.165, 1.54) is 12.1 Å². The van der Waals surface area contributed by atoms with Gasteiger partial charge >= 0.3 is 0 Å². The van der Waals surface area contributed by atoms with E-state index in [4.69, 9.17) is 15.5 Å². The smallest absolute Gasteiger partial charge is 0.234 e. The van der Waals surface area contributed by atoms with Crippen molar-refractivity contribution in [1.29, 1.82) is 0 Å². The highest BCUT2D eigenvalue weighted by Crippen LogP contribution is 2.30. The maximum absolute atomic E-state index is 13.3. The van der Waals surface area contributed by atoms with E-state index in [0.717, 1.165) is 11.4 Å². The molecule has 0 saturated heterocycles. The third kappa shape index (κ3) is 3.28. The lowest BCUT2D eigenvalue weighted by Crippen LogP contribution is -2.08. The molecule has 1 aromatic carbocycles. The first-order valence-corrected chi connectivity index (χ1v) is 9.05. The number of nitrogens with zero attached hydrogens (tertiary/aromatic N) is 4. The van der Waals surface area contributed by atoms with Crippen molar-refractivity contribution in [3.8, 4) is 11.7 Å². The maximum Gasteiger partial charge on any atom is 0.234 e. The molecule has 8 heteroatoms. The van der Waals surface area contributed by atoms with Crippen LogP contribution in [0.3, 0.4) is 0 Å². The van der Waals surface area contributed by atoms with Gasteiger partial charge in [0.1, 0.15) is 28.8 Å². The van der Waals surface area contributed by atoms with Crippen molar-refractivity contribution in [3.05, 3.63) is 59.7 Å².